The van der Waals surface area contributed by atoms with Gasteiger partial charge in [-0.2, -0.15) is 0 Å². The average molecular weight is 417 g/mol. The molecule has 0 aliphatic carbocycles. The third kappa shape index (κ3) is 11.1. The normalized spacial score (nSPS) is 16.2. The molecule has 0 fully saturated rings. The Bertz CT molecular complexity index is 557. The number of hydrogen-bond donors (Lipinski definition) is 2. The fourth-order valence-corrected chi connectivity index (χ4v) is 1.88. The van der Waals surface area contributed by atoms with E-state index in [9.17, 15) is 0 Å². The van der Waals surface area contributed by atoms with Gasteiger partial charge < -0.3 is 9.47 Å². The zero-order chi connectivity index (χ0) is 19.8. The molecule has 0 saturated heterocycles. The summed E-state index contributed by atoms with van der Waals surface area (Å²) in [4.78, 5) is 6.41. The Hall–Kier alpha value is -1.58. The Morgan fingerprint density at radius 1 is 0.615 bits per heavy atom. The van der Waals surface area contributed by atoms with Crippen molar-refractivity contribution in [2.24, 2.45) is 0 Å². The van der Waals surface area contributed by atoms with Crippen LogP contribution >= 0.6 is 0 Å². The maximum atomic E-state index is 8.49. The highest BCUT2D eigenvalue weighted by atomic mass is 35.7. The molecule has 3 rings (SSSR count). The van der Waals surface area contributed by atoms with Crippen LogP contribution in [0.1, 0.15) is 11.1 Å². The first-order valence-corrected chi connectivity index (χ1v) is 9.22. The van der Waals surface area contributed by atoms with Crippen LogP contribution in [0.4, 0.5) is 0 Å². The largest absolute Gasteiger partial charge is 0.438 e. The van der Waals surface area contributed by atoms with E-state index in [1.807, 2.05) is 24.3 Å². The third-order valence-corrected chi connectivity index (χ3v) is 2.68. The molecule has 0 spiro atoms. The molecule has 0 radical (unpaired) electrons. The van der Waals surface area contributed by atoms with Crippen molar-refractivity contribution < 1.29 is 77.2 Å². The van der Waals surface area contributed by atoms with Gasteiger partial charge in [-0.1, -0.05) is 0 Å². The molecular formula is C12H14Cl2N2O10. The fraction of sp³-hybridized carbons (Fsp3) is 0.333. The highest BCUT2D eigenvalue weighted by molar-refractivity contribution is 5.93. The molecular weight excluding hydrogens is 403 g/mol. The van der Waals surface area contributed by atoms with Gasteiger partial charge in [-0.3, -0.25) is 0 Å². The van der Waals surface area contributed by atoms with Crippen molar-refractivity contribution in [2.45, 2.75) is 0 Å². The molecule has 0 aromatic heterocycles. The molecule has 1 aromatic carbocycles. The summed E-state index contributed by atoms with van der Waals surface area (Å²) >= 11 is 0. The molecule has 2 aliphatic heterocycles. The van der Waals surface area contributed by atoms with Crippen molar-refractivity contribution >= 4 is 11.8 Å². The van der Waals surface area contributed by atoms with Crippen molar-refractivity contribution in [1.29, 1.82) is 0 Å². The smallest absolute Gasteiger partial charge is 0.368 e. The van der Waals surface area contributed by atoms with Gasteiger partial charge in [-0.05, 0) is 24.3 Å². The van der Waals surface area contributed by atoms with Crippen LogP contribution in [-0.2, 0) is 9.47 Å². The maximum absolute atomic E-state index is 8.49. The monoisotopic (exact) mass is 416 g/mol. The summed E-state index contributed by atoms with van der Waals surface area (Å²) in [5, 5.41) is 0. The Kier molecular flexibility index (Phi) is 8.58. The molecule has 0 unspecified atom stereocenters. The van der Waals surface area contributed by atoms with Crippen molar-refractivity contribution in [3.8, 4) is 0 Å². The quantitative estimate of drug-likeness (QED) is 0.461. The molecule has 0 bridgehead atoms. The zero-order valence-corrected chi connectivity index (χ0v) is 14.5. The summed E-state index contributed by atoms with van der Waals surface area (Å²) in [5.41, 5.74) is 2.17. The van der Waals surface area contributed by atoms with E-state index in [0.717, 1.165) is 49.2 Å². The lowest BCUT2D eigenvalue weighted by atomic mass is 10.1. The van der Waals surface area contributed by atoms with Gasteiger partial charge in [0.1, 0.15) is 0 Å². The van der Waals surface area contributed by atoms with E-state index in [0.29, 0.717) is 0 Å². The van der Waals surface area contributed by atoms with Crippen LogP contribution < -0.4 is 47.3 Å². The summed E-state index contributed by atoms with van der Waals surface area (Å²) in [5.74, 6) is 1.74. The molecule has 14 heteroatoms. The van der Waals surface area contributed by atoms with Gasteiger partial charge in [0.15, 0.2) is 26.3 Å². The lowest BCUT2D eigenvalue weighted by Crippen LogP contribution is -2.70. The standard InChI is InChI=1S/C12H12N2O2.2ClHO4/c1-2-10(12-14-6-8-16-12)4-3-9(1)11-13-5-7-15-11;2*2-1(3,4)5/h1-4H,5-8H2;2*(H,2,3,4,5). The summed E-state index contributed by atoms with van der Waals surface area (Å²) in [6.07, 6.45) is 0. The minimum absolute atomic E-state index is 0.749. The summed E-state index contributed by atoms with van der Waals surface area (Å²) in [7, 11) is -9.89. The number of hydrogen-bond acceptors (Lipinski definition) is 10. The Morgan fingerprint density at radius 2 is 0.885 bits per heavy atom. The number of nitrogens with one attached hydrogen (secondary N) is 2. The van der Waals surface area contributed by atoms with Crippen LogP contribution in [0.5, 0.6) is 0 Å². The van der Waals surface area contributed by atoms with Crippen molar-refractivity contribution in [3.63, 3.8) is 0 Å². The second-order valence-corrected chi connectivity index (χ2v) is 6.05. The second-order valence-electron chi connectivity index (χ2n) is 4.54. The summed E-state index contributed by atoms with van der Waals surface area (Å²) in [6, 6.07) is 8.16. The van der Waals surface area contributed by atoms with Crippen molar-refractivity contribution in [3.05, 3.63) is 35.4 Å². The highest BCUT2D eigenvalue weighted by Gasteiger charge is 2.20. The van der Waals surface area contributed by atoms with Crippen LogP contribution in [-0.4, -0.2) is 38.1 Å². The van der Waals surface area contributed by atoms with Crippen molar-refractivity contribution in [1.82, 2.24) is 0 Å². The molecule has 2 N–H and O–H groups in total. The number of halogens is 2. The van der Waals surface area contributed by atoms with Gasteiger partial charge in [0.05, 0.1) is 11.1 Å². The van der Waals surface area contributed by atoms with Crippen LogP contribution in [0.25, 0.3) is 0 Å². The minimum Gasteiger partial charge on any atom is -0.438 e. The third-order valence-electron chi connectivity index (χ3n) is 2.68. The lowest BCUT2D eigenvalue weighted by molar-refractivity contribution is -2.00. The van der Waals surface area contributed by atoms with Gasteiger partial charge in [0.25, 0.3) is 0 Å². The molecule has 146 valence electrons. The predicted molar refractivity (Wildman–Crippen MR) is 58.2 cm³/mol. The number of ether oxygens (including phenoxy) is 2. The van der Waals surface area contributed by atoms with E-state index < -0.39 is 20.5 Å². The Morgan fingerprint density at radius 3 is 1.08 bits per heavy atom. The first kappa shape index (κ1) is 22.5. The van der Waals surface area contributed by atoms with E-state index in [1.165, 1.54) is 0 Å². The van der Waals surface area contributed by atoms with Gasteiger partial charge in [-0.25, -0.2) is 47.3 Å². The zero-order valence-electron chi connectivity index (χ0n) is 13.0. The summed E-state index contributed by atoms with van der Waals surface area (Å²) < 4.78 is 78.9. The average Bonchev–Trinajstić information content (AvgIpc) is 3.18. The molecule has 2 aliphatic rings. The van der Waals surface area contributed by atoms with Crippen molar-refractivity contribution in [2.75, 3.05) is 26.3 Å². The van der Waals surface area contributed by atoms with E-state index in [2.05, 4.69) is 9.98 Å². The topological polar surface area (TPSA) is 231 Å². The fourth-order valence-electron chi connectivity index (χ4n) is 1.88. The van der Waals surface area contributed by atoms with E-state index in [-0.39, 0.29) is 0 Å². The first-order chi connectivity index (χ1) is 11.9. The molecule has 2 heterocycles. The van der Waals surface area contributed by atoms with Crippen LogP contribution in [0, 0.1) is 20.5 Å². The van der Waals surface area contributed by atoms with Gasteiger partial charge in [-0.15, -0.1) is 20.5 Å². The Labute approximate surface area is 151 Å². The molecule has 0 atom stereocenters. The first-order valence-electron chi connectivity index (χ1n) is 6.75. The highest BCUT2D eigenvalue weighted by Crippen LogP contribution is 2.06. The Balaban J connectivity index is 0.000000284. The molecule has 0 saturated carbocycles. The van der Waals surface area contributed by atoms with Gasteiger partial charge in [0, 0.05) is 0 Å². The number of benzene rings is 1. The molecule has 0 amide bonds. The SMILES string of the molecule is [O-][Cl+3]([O-])([O-])[O-].[O-][Cl+3]([O-])([O-])[O-].c1cc(C2=[NH+]CCO2)ccc1C1=[NH+]CCO1. The van der Waals surface area contributed by atoms with Crippen LogP contribution in [0.2, 0.25) is 0 Å². The van der Waals surface area contributed by atoms with Gasteiger partial charge >= 0.3 is 11.8 Å². The summed E-state index contributed by atoms with van der Waals surface area (Å²) in [6.45, 7) is 3.27. The minimum atomic E-state index is -4.94. The lowest BCUT2D eigenvalue weighted by Gasteiger charge is -2.17. The van der Waals surface area contributed by atoms with Gasteiger partial charge in [0.2, 0.25) is 0 Å². The van der Waals surface area contributed by atoms with E-state index in [1.54, 1.807) is 0 Å². The second kappa shape index (κ2) is 9.94. The molecule has 1 aromatic rings. The van der Waals surface area contributed by atoms with E-state index in [4.69, 9.17) is 46.7 Å². The molecule has 12 nitrogen and oxygen atoms in total. The van der Waals surface area contributed by atoms with Crippen LogP contribution in [0.3, 0.4) is 0 Å². The maximum Gasteiger partial charge on any atom is 0.368 e. The predicted octanol–water partition coefficient (Wildman–Crippen LogP) is -12.1. The molecule has 26 heavy (non-hydrogen) atoms. The van der Waals surface area contributed by atoms with Crippen LogP contribution in [0.15, 0.2) is 24.3 Å². The number of rotatable bonds is 2. The van der Waals surface area contributed by atoms with E-state index >= 15 is 0 Å².